The van der Waals surface area contributed by atoms with Crippen molar-refractivity contribution >= 4 is 5.69 Å². The second-order valence-electron chi connectivity index (χ2n) is 2.95. The van der Waals surface area contributed by atoms with Crippen LogP contribution in [0.15, 0.2) is 18.2 Å². The summed E-state index contributed by atoms with van der Waals surface area (Å²) in [6.07, 6.45) is 2.92. The average Bonchev–Trinajstić information content (AvgIpc) is 2.03. The zero-order valence-electron chi connectivity index (χ0n) is 7.31. The normalized spacial score (nSPS) is 10.2. The number of unbranched alkanes of at least 4 members (excludes halogenated alkanes) is 1. The number of hydrogen-bond donors (Lipinski definition) is 1. The Morgan fingerprint density at radius 3 is 2.75 bits per heavy atom. The Kier molecular flexibility index (Phi) is 3.09. The van der Waals surface area contributed by atoms with Crippen molar-refractivity contribution < 1.29 is 4.39 Å². The molecule has 1 aromatic rings. The van der Waals surface area contributed by atoms with Gasteiger partial charge in [-0.1, -0.05) is 19.4 Å². The third kappa shape index (κ3) is 2.22. The van der Waals surface area contributed by atoms with E-state index in [2.05, 4.69) is 6.92 Å². The Morgan fingerprint density at radius 1 is 1.42 bits per heavy atom. The predicted octanol–water partition coefficient (Wildman–Crippen LogP) is 2.75. The molecule has 1 nitrogen and oxygen atoms in total. The van der Waals surface area contributed by atoms with Gasteiger partial charge in [0.15, 0.2) is 0 Å². The van der Waals surface area contributed by atoms with Crippen molar-refractivity contribution in [3.63, 3.8) is 0 Å². The number of halogens is 1. The van der Waals surface area contributed by atoms with Crippen LogP contribution in [0.1, 0.15) is 25.3 Å². The Bertz CT molecular complexity index is 258. The van der Waals surface area contributed by atoms with E-state index >= 15 is 0 Å². The molecule has 1 rings (SSSR count). The number of nitrogen functional groups attached to an aromatic ring is 1. The van der Waals surface area contributed by atoms with Crippen molar-refractivity contribution in [3.8, 4) is 0 Å². The van der Waals surface area contributed by atoms with Gasteiger partial charge in [-0.05, 0) is 30.5 Å². The zero-order valence-corrected chi connectivity index (χ0v) is 7.31. The third-order valence-corrected chi connectivity index (χ3v) is 1.88. The van der Waals surface area contributed by atoms with Crippen LogP contribution in [0.25, 0.3) is 0 Å². The molecule has 0 bridgehead atoms. The molecule has 12 heavy (non-hydrogen) atoms. The predicted molar refractivity (Wildman–Crippen MR) is 49.4 cm³/mol. The Labute approximate surface area is 72.4 Å². The van der Waals surface area contributed by atoms with Crippen molar-refractivity contribution in [2.24, 2.45) is 0 Å². The highest BCUT2D eigenvalue weighted by molar-refractivity contribution is 5.40. The van der Waals surface area contributed by atoms with E-state index in [4.69, 9.17) is 5.73 Å². The quantitative estimate of drug-likeness (QED) is 0.688. The SMILES string of the molecule is CCCCc1ccc(N)cc1F. The summed E-state index contributed by atoms with van der Waals surface area (Å²) >= 11 is 0. The Hall–Kier alpha value is -1.05. The fourth-order valence-corrected chi connectivity index (χ4v) is 1.13. The lowest BCUT2D eigenvalue weighted by Crippen LogP contribution is -1.93. The van der Waals surface area contributed by atoms with Crippen LogP contribution < -0.4 is 5.73 Å². The van der Waals surface area contributed by atoms with E-state index in [0.717, 1.165) is 24.8 Å². The molecule has 0 radical (unpaired) electrons. The minimum Gasteiger partial charge on any atom is -0.399 e. The lowest BCUT2D eigenvalue weighted by Gasteiger charge is -2.02. The maximum Gasteiger partial charge on any atom is 0.128 e. The molecule has 0 heterocycles. The van der Waals surface area contributed by atoms with Gasteiger partial charge in [-0.3, -0.25) is 0 Å². The number of hydrogen-bond acceptors (Lipinski definition) is 1. The first-order chi connectivity index (χ1) is 5.74. The van der Waals surface area contributed by atoms with Crippen LogP contribution in [0.3, 0.4) is 0 Å². The first kappa shape index (κ1) is 9.04. The Balaban J connectivity index is 2.72. The number of anilines is 1. The minimum atomic E-state index is -0.177. The fourth-order valence-electron chi connectivity index (χ4n) is 1.13. The fraction of sp³-hybridized carbons (Fsp3) is 0.400. The van der Waals surface area contributed by atoms with E-state index in [1.165, 1.54) is 6.07 Å². The van der Waals surface area contributed by atoms with Crippen molar-refractivity contribution in [2.75, 3.05) is 5.73 Å². The molecule has 0 saturated carbocycles. The van der Waals surface area contributed by atoms with Crippen molar-refractivity contribution in [2.45, 2.75) is 26.2 Å². The van der Waals surface area contributed by atoms with Crippen LogP contribution in [0.2, 0.25) is 0 Å². The van der Waals surface area contributed by atoms with Gasteiger partial charge in [-0.2, -0.15) is 0 Å². The van der Waals surface area contributed by atoms with Gasteiger partial charge < -0.3 is 5.73 Å². The molecule has 0 fully saturated rings. The standard InChI is InChI=1S/C10H14FN/c1-2-3-4-8-5-6-9(12)7-10(8)11/h5-7H,2-4,12H2,1H3. The molecular formula is C10H14FN. The van der Waals surface area contributed by atoms with Gasteiger partial charge in [-0.25, -0.2) is 4.39 Å². The molecule has 0 spiro atoms. The maximum atomic E-state index is 13.1. The largest absolute Gasteiger partial charge is 0.399 e. The smallest absolute Gasteiger partial charge is 0.128 e. The van der Waals surface area contributed by atoms with Gasteiger partial charge in [0.1, 0.15) is 5.82 Å². The molecule has 0 aliphatic heterocycles. The van der Waals surface area contributed by atoms with Crippen molar-refractivity contribution in [1.29, 1.82) is 0 Å². The molecule has 0 aliphatic rings. The molecule has 0 aliphatic carbocycles. The first-order valence-corrected chi connectivity index (χ1v) is 4.28. The summed E-state index contributed by atoms with van der Waals surface area (Å²) in [7, 11) is 0. The number of rotatable bonds is 3. The molecule has 2 N–H and O–H groups in total. The number of benzene rings is 1. The molecular weight excluding hydrogens is 153 g/mol. The van der Waals surface area contributed by atoms with E-state index in [9.17, 15) is 4.39 Å². The summed E-state index contributed by atoms with van der Waals surface area (Å²) in [4.78, 5) is 0. The van der Waals surface area contributed by atoms with E-state index in [1.807, 2.05) is 0 Å². The van der Waals surface area contributed by atoms with Crippen LogP contribution in [0.4, 0.5) is 10.1 Å². The summed E-state index contributed by atoms with van der Waals surface area (Å²) in [5, 5.41) is 0. The second kappa shape index (κ2) is 4.10. The summed E-state index contributed by atoms with van der Waals surface area (Å²) in [6.45, 7) is 2.09. The topological polar surface area (TPSA) is 26.0 Å². The number of aryl methyl sites for hydroxylation is 1. The van der Waals surface area contributed by atoms with Gasteiger partial charge in [0, 0.05) is 5.69 Å². The van der Waals surface area contributed by atoms with E-state index in [1.54, 1.807) is 12.1 Å². The van der Waals surface area contributed by atoms with Crippen LogP contribution in [-0.4, -0.2) is 0 Å². The van der Waals surface area contributed by atoms with Crippen LogP contribution >= 0.6 is 0 Å². The average molecular weight is 167 g/mol. The maximum absolute atomic E-state index is 13.1. The highest BCUT2D eigenvalue weighted by atomic mass is 19.1. The van der Waals surface area contributed by atoms with Crippen molar-refractivity contribution in [3.05, 3.63) is 29.6 Å². The summed E-state index contributed by atoms with van der Waals surface area (Å²) in [5.41, 5.74) is 6.68. The summed E-state index contributed by atoms with van der Waals surface area (Å²) in [6, 6.07) is 4.89. The van der Waals surface area contributed by atoms with Gasteiger partial charge in [0.2, 0.25) is 0 Å². The van der Waals surface area contributed by atoms with E-state index in [0.29, 0.717) is 5.69 Å². The highest BCUT2D eigenvalue weighted by Gasteiger charge is 2.00. The lowest BCUT2D eigenvalue weighted by molar-refractivity contribution is 0.604. The van der Waals surface area contributed by atoms with Gasteiger partial charge in [0.25, 0.3) is 0 Å². The summed E-state index contributed by atoms with van der Waals surface area (Å²) in [5.74, 6) is -0.177. The Morgan fingerprint density at radius 2 is 2.17 bits per heavy atom. The van der Waals surface area contributed by atoms with Gasteiger partial charge in [-0.15, -0.1) is 0 Å². The van der Waals surface area contributed by atoms with Crippen LogP contribution in [0.5, 0.6) is 0 Å². The van der Waals surface area contributed by atoms with Crippen LogP contribution in [0, 0.1) is 5.82 Å². The number of nitrogens with two attached hydrogens (primary N) is 1. The second-order valence-corrected chi connectivity index (χ2v) is 2.95. The van der Waals surface area contributed by atoms with E-state index in [-0.39, 0.29) is 5.82 Å². The highest BCUT2D eigenvalue weighted by Crippen LogP contribution is 2.13. The molecule has 66 valence electrons. The molecule has 0 atom stereocenters. The lowest BCUT2D eigenvalue weighted by atomic mass is 10.1. The molecule has 0 aromatic heterocycles. The van der Waals surface area contributed by atoms with Crippen molar-refractivity contribution in [1.82, 2.24) is 0 Å². The molecule has 0 unspecified atom stereocenters. The third-order valence-electron chi connectivity index (χ3n) is 1.88. The molecule has 0 amide bonds. The summed E-state index contributed by atoms with van der Waals surface area (Å²) < 4.78 is 13.1. The van der Waals surface area contributed by atoms with Gasteiger partial charge >= 0.3 is 0 Å². The zero-order chi connectivity index (χ0) is 8.97. The van der Waals surface area contributed by atoms with E-state index < -0.39 is 0 Å². The monoisotopic (exact) mass is 167 g/mol. The van der Waals surface area contributed by atoms with Crippen LogP contribution in [-0.2, 0) is 6.42 Å². The molecule has 2 heteroatoms. The first-order valence-electron chi connectivity index (χ1n) is 4.28. The molecule has 0 saturated heterocycles. The minimum absolute atomic E-state index is 0.177. The van der Waals surface area contributed by atoms with Gasteiger partial charge in [0.05, 0.1) is 0 Å². The molecule has 1 aromatic carbocycles.